The Morgan fingerprint density at radius 1 is 1.16 bits per heavy atom. The van der Waals surface area contributed by atoms with E-state index >= 15 is 0 Å². The van der Waals surface area contributed by atoms with E-state index in [2.05, 4.69) is 25.5 Å². The molecule has 0 atom stereocenters. The van der Waals surface area contributed by atoms with Crippen molar-refractivity contribution in [1.29, 1.82) is 0 Å². The Kier molecular flexibility index (Phi) is 8.15. The average molecular weight is 524 g/mol. The lowest BCUT2D eigenvalue weighted by Gasteiger charge is -2.17. The minimum atomic E-state index is -0.799. The summed E-state index contributed by atoms with van der Waals surface area (Å²) in [5, 5.41) is 20.4. The van der Waals surface area contributed by atoms with E-state index < -0.39 is 17.3 Å². The molecule has 3 N–H and O–H groups in total. The van der Waals surface area contributed by atoms with Gasteiger partial charge >= 0.3 is 0 Å². The van der Waals surface area contributed by atoms with Gasteiger partial charge in [-0.1, -0.05) is 41.9 Å². The smallest absolute Gasteiger partial charge is 0.294 e. The number of aromatic amines is 1. The van der Waals surface area contributed by atoms with Crippen LogP contribution >= 0.6 is 11.6 Å². The number of nitrogens with one attached hydrogen (secondary N) is 2. The molecule has 8 nitrogen and oxygen atoms in total. The number of amides is 1. The molecule has 2 aromatic heterocycles. The van der Waals surface area contributed by atoms with Crippen LogP contribution in [0.25, 0.3) is 11.1 Å². The van der Waals surface area contributed by atoms with Gasteiger partial charge in [0, 0.05) is 24.2 Å². The molecule has 0 unspecified atom stereocenters. The monoisotopic (exact) mass is 523 g/mol. The van der Waals surface area contributed by atoms with Gasteiger partial charge in [-0.3, -0.25) is 4.79 Å². The molecule has 2 heterocycles. The van der Waals surface area contributed by atoms with Crippen LogP contribution in [0, 0.1) is 5.82 Å². The molecule has 0 bridgehead atoms. The van der Waals surface area contributed by atoms with Crippen molar-refractivity contribution < 1.29 is 19.0 Å². The maximum absolute atomic E-state index is 14.6. The first-order valence-electron chi connectivity index (χ1n) is 11.8. The summed E-state index contributed by atoms with van der Waals surface area (Å²) in [5.41, 5.74) is 1.17. The second-order valence-electron chi connectivity index (χ2n) is 9.20. The number of aromatic nitrogens is 4. The molecule has 2 aromatic carbocycles. The Labute approximate surface area is 218 Å². The van der Waals surface area contributed by atoms with Crippen molar-refractivity contribution in [2.24, 2.45) is 0 Å². The third-order valence-corrected chi connectivity index (χ3v) is 5.86. The molecule has 192 valence electrons. The number of anilines is 1. The number of ether oxygens (including phenoxy) is 1. The van der Waals surface area contributed by atoms with Gasteiger partial charge in [0.15, 0.2) is 0 Å². The lowest BCUT2D eigenvalue weighted by atomic mass is 10.0. The molecule has 37 heavy (non-hydrogen) atoms. The largest absolute Gasteiger partial charge is 0.493 e. The Hall–Kier alpha value is -3.82. The number of halogens is 2. The number of benzene rings is 2. The predicted molar refractivity (Wildman–Crippen MR) is 139 cm³/mol. The summed E-state index contributed by atoms with van der Waals surface area (Å²) in [6, 6.07) is 15.8. The normalized spacial score (nSPS) is 11.4. The van der Waals surface area contributed by atoms with Crippen molar-refractivity contribution in [3.63, 3.8) is 0 Å². The quantitative estimate of drug-likeness (QED) is 0.239. The number of nitrogens with zero attached hydrogens (tertiary/aromatic N) is 3. The molecule has 1 amide bonds. The van der Waals surface area contributed by atoms with Gasteiger partial charge in [-0.2, -0.15) is 0 Å². The number of carbonyl (C=O) groups excluding carboxylic acids is 1. The van der Waals surface area contributed by atoms with E-state index in [1.165, 1.54) is 12.3 Å². The van der Waals surface area contributed by atoms with E-state index in [-0.39, 0.29) is 16.7 Å². The maximum atomic E-state index is 14.6. The van der Waals surface area contributed by atoms with Crippen molar-refractivity contribution >= 4 is 23.3 Å². The Bertz CT molecular complexity index is 1370. The lowest BCUT2D eigenvalue weighted by Crippen LogP contribution is -2.19. The van der Waals surface area contributed by atoms with Gasteiger partial charge in [0.1, 0.15) is 23.2 Å². The van der Waals surface area contributed by atoms with Crippen molar-refractivity contribution in [3.8, 4) is 16.9 Å². The highest BCUT2D eigenvalue weighted by Gasteiger charge is 2.16. The number of rotatable bonds is 10. The Morgan fingerprint density at radius 3 is 2.70 bits per heavy atom. The van der Waals surface area contributed by atoms with Gasteiger partial charge in [0.2, 0.25) is 5.82 Å². The number of H-pyrrole nitrogens is 1. The number of carbonyl (C=O) groups is 1. The third kappa shape index (κ3) is 7.34. The molecule has 4 aromatic rings. The van der Waals surface area contributed by atoms with E-state index in [4.69, 9.17) is 16.3 Å². The van der Waals surface area contributed by atoms with Gasteiger partial charge in [0.25, 0.3) is 5.91 Å². The summed E-state index contributed by atoms with van der Waals surface area (Å²) in [5.74, 6) is -0.00762. The maximum Gasteiger partial charge on any atom is 0.294 e. The Balaban J connectivity index is 1.45. The SMILES string of the molecule is CC(C)(O)CCCOc1cc(F)c(Cl)c(-c2ccnc(NC(=O)c3nnc(Cc4ccccc4)[nH]3)c2)c1. The number of aliphatic hydroxyl groups is 1. The van der Waals surface area contributed by atoms with Crippen LogP contribution in [0.3, 0.4) is 0 Å². The second kappa shape index (κ2) is 11.5. The summed E-state index contributed by atoms with van der Waals surface area (Å²) in [4.78, 5) is 19.8. The lowest BCUT2D eigenvalue weighted by molar-refractivity contribution is 0.0641. The van der Waals surface area contributed by atoms with E-state index in [9.17, 15) is 14.3 Å². The predicted octanol–water partition coefficient (Wildman–Crippen LogP) is 5.43. The van der Waals surface area contributed by atoms with Crippen LogP contribution < -0.4 is 10.1 Å². The second-order valence-corrected chi connectivity index (χ2v) is 9.58. The zero-order valence-electron chi connectivity index (χ0n) is 20.5. The van der Waals surface area contributed by atoms with Gasteiger partial charge < -0.3 is 20.1 Å². The first kappa shape index (κ1) is 26.2. The van der Waals surface area contributed by atoms with Crippen molar-refractivity contribution in [1.82, 2.24) is 20.2 Å². The van der Waals surface area contributed by atoms with Crippen LogP contribution in [0.1, 0.15) is 48.7 Å². The number of pyridine rings is 1. The molecular formula is C27H27ClFN5O3. The summed E-state index contributed by atoms with van der Waals surface area (Å²) in [7, 11) is 0. The van der Waals surface area contributed by atoms with Crippen LogP contribution in [0.15, 0.2) is 60.8 Å². The highest BCUT2D eigenvalue weighted by atomic mass is 35.5. The fourth-order valence-corrected chi connectivity index (χ4v) is 3.88. The van der Waals surface area contributed by atoms with Gasteiger partial charge in [-0.25, -0.2) is 9.37 Å². The minimum Gasteiger partial charge on any atom is -0.493 e. The van der Waals surface area contributed by atoms with Crippen LogP contribution in [0.2, 0.25) is 5.02 Å². The minimum absolute atomic E-state index is 0.0451. The van der Waals surface area contributed by atoms with Crippen molar-refractivity contribution in [3.05, 3.63) is 88.8 Å². The third-order valence-electron chi connectivity index (χ3n) is 5.48. The molecule has 4 rings (SSSR count). The molecule has 0 fully saturated rings. The molecule has 0 aliphatic rings. The summed E-state index contributed by atoms with van der Waals surface area (Å²) >= 11 is 6.25. The summed E-state index contributed by atoms with van der Waals surface area (Å²) < 4.78 is 20.2. The highest BCUT2D eigenvalue weighted by molar-refractivity contribution is 6.33. The zero-order valence-corrected chi connectivity index (χ0v) is 21.2. The number of hydrogen-bond acceptors (Lipinski definition) is 6. The van der Waals surface area contributed by atoms with E-state index in [0.717, 1.165) is 5.56 Å². The van der Waals surface area contributed by atoms with Crippen LogP contribution in [0.4, 0.5) is 10.2 Å². The standard InChI is InChI=1S/C27H27ClFN5O3/c1-27(2,36)10-6-12-37-19-15-20(24(28)21(29)16-19)18-9-11-30-22(14-18)32-26(35)25-31-23(33-34-25)13-17-7-4-3-5-8-17/h3-5,7-9,11,14-16,36H,6,10,12-13H2,1-2H3,(H,30,32,35)(H,31,33,34). The molecule has 10 heteroatoms. The topological polar surface area (TPSA) is 113 Å². The number of hydrogen-bond donors (Lipinski definition) is 3. The van der Waals surface area contributed by atoms with Crippen molar-refractivity contribution in [2.75, 3.05) is 11.9 Å². The van der Waals surface area contributed by atoms with Gasteiger partial charge in [-0.05, 0) is 56.0 Å². The summed E-state index contributed by atoms with van der Waals surface area (Å²) in [6.45, 7) is 3.75. The Morgan fingerprint density at radius 2 is 1.95 bits per heavy atom. The van der Waals surface area contributed by atoms with Crippen LogP contribution in [-0.4, -0.2) is 43.4 Å². The molecule has 0 saturated heterocycles. The average Bonchev–Trinajstić information content (AvgIpc) is 3.33. The molecule has 0 saturated carbocycles. The van der Waals surface area contributed by atoms with E-state index in [1.54, 1.807) is 32.0 Å². The van der Waals surface area contributed by atoms with Gasteiger partial charge in [-0.15, -0.1) is 10.2 Å². The summed E-state index contributed by atoms with van der Waals surface area (Å²) in [6.07, 6.45) is 3.14. The molecule has 0 spiro atoms. The van der Waals surface area contributed by atoms with Crippen molar-refractivity contribution in [2.45, 2.75) is 38.7 Å². The first-order chi connectivity index (χ1) is 17.7. The first-order valence-corrected chi connectivity index (χ1v) is 12.1. The fraction of sp³-hybridized carbons (Fsp3) is 0.259. The molecule has 0 aliphatic heterocycles. The molecule has 0 aliphatic carbocycles. The van der Waals surface area contributed by atoms with Gasteiger partial charge in [0.05, 0.1) is 17.2 Å². The van der Waals surface area contributed by atoms with Crippen LogP contribution in [0.5, 0.6) is 5.75 Å². The molecular weight excluding hydrogens is 497 g/mol. The highest BCUT2D eigenvalue weighted by Crippen LogP contribution is 2.35. The van der Waals surface area contributed by atoms with Crippen LogP contribution in [-0.2, 0) is 6.42 Å². The fourth-order valence-electron chi connectivity index (χ4n) is 3.66. The molecule has 0 radical (unpaired) electrons. The van der Waals surface area contributed by atoms with E-state index in [1.807, 2.05) is 30.3 Å². The zero-order chi connectivity index (χ0) is 26.4. The van der Waals surface area contributed by atoms with E-state index in [0.29, 0.717) is 48.6 Å².